The highest BCUT2D eigenvalue weighted by Gasteiger charge is 2.23. The van der Waals surface area contributed by atoms with Gasteiger partial charge in [0.05, 0.1) is 0 Å². The molecule has 0 spiro atoms. The summed E-state index contributed by atoms with van der Waals surface area (Å²) >= 11 is 0. The van der Waals surface area contributed by atoms with Gasteiger partial charge in [0.1, 0.15) is 22.3 Å². The molecule has 0 N–H and O–H groups in total. The Labute approximate surface area is 332 Å². The van der Waals surface area contributed by atoms with Crippen LogP contribution in [0.15, 0.2) is 197 Å². The number of furan rings is 2. The smallest absolute Gasteiger partial charge is 0.164 e. The van der Waals surface area contributed by atoms with E-state index >= 15 is 0 Å². The van der Waals surface area contributed by atoms with Gasteiger partial charge in [-0.2, -0.15) is 0 Å². The van der Waals surface area contributed by atoms with Gasteiger partial charge < -0.3 is 8.83 Å². The van der Waals surface area contributed by atoms with E-state index < -0.39 is 0 Å². The van der Waals surface area contributed by atoms with Crippen LogP contribution in [-0.2, 0) is 0 Å². The number of fused-ring (bicyclic) bond motifs is 10. The molecular formula is C53H31N3O2. The third-order valence-electron chi connectivity index (χ3n) is 11.3. The molecule has 3 aromatic heterocycles. The second-order valence-corrected chi connectivity index (χ2v) is 14.7. The minimum atomic E-state index is 0.565. The second-order valence-electron chi connectivity index (χ2n) is 14.7. The minimum Gasteiger partial charge on any atom is -0.455 e. The molecule has 0 saturated heterocycles. The van der Waals surface area contributed by atoms with Crippen LogP contribution in [0.1, 0.15) is 0 Å². The Morgan fingerprint density at radius 3 is 1.16 bits per heavy atom. The van der Waals surface area contributed by atoms with E-state index in [2.05, 4.69) is 146 Å². The Morgan fingerprint density at radius 2 is 0.690 bits per heavy atom. The van der Waals surface area contributed by atoms with Crippen molar-refractivity contribution in [1.82, 2.24) is 15.0 Å². The zero-order chi connectivity index (χ0) is 38.2. The van der Waals surface area contributed by atoms with Crippen LogP contribution >= 0.6 is 0 Å². The molecule has 0 unspecified atom stereocenters. The van der Waals surface area contributed by atoms with Crippen molar-refractivity contribution in [2.45, 2.75) is 0 Å². The van der Waals surface area contributed by atoms with Gasteiger partial charge in [0, 0.05) is 49.0 Å². The van der Waals surface area contributed by atoms with E-state index in [-0.39, 0.29) is 0 Å². The Balaban J connectivity index is 1.15. The molecule has 0 saturated carbocycles. The van der Waals surface area contributed by atoms with Crippen molar-refractivity contribution in [3.8, 4) is 56.4 Å². The molecule has 3 heterocycles. The van der Waals surface area contributed by atoms with Crippen molar-refractivity contribution >= 4 is 65.4 Å². The monoisotopic (exact) mass is 741 g/mol. The van der Waals surface area contributed by atoms with Gasteiger partial charge in [0.25, 0.3) is 0 Å². The summed E-state index contributed by atoms with van der Waals surface area (Å²) in [6, 6.07) is 65.0. The summed E-state index contributed by atoms with van der Waals surface area (Å²) < 4.78 is 13.6. The highest BCUT2D eigenvalue weighted by molar-refractivity contribution is 6.22. The number of rotatable bonds is 5. The summed E-state index contributed by atoms with van der Waals surface area (Å²) in [5.74, 6) is 1.71. The predicted molar refractivity (Wildman–Crippen MR) is 237 cm³/mol. The SMILES string of the molecule is c1ccc(-c2ccc3c(c2)oc2c4ccccc4cc(-c4nc(-c5ccccc5)nc(-c5cc6ccccc6c6oc7cc(-c8ccccc8)ccc7c56)n4)c32)cc1. The first kappa shape index (κ1) is 32.4. The van der Waals surface area contributed by atoms with E-state index in [9.17, 15) is 0 Å². The third kappa shape index (κ3) is 5.14. The lowest BCUT2D eigenvalue weighted by atomic mass is 9.97. The van der Waals surface area contributed by atoms with Crippen LogP contribution in [0.2, 0.25) is 0 Å². The van der Waals surface area contributed by atoms with E-state index in [1.165, 1.54) is 0 Å². The summed E-state index contributed by atoms with van der Waals surface area (Å²) in [4.78, 5) is 15.9. The van der Waals surface area contributed by atoms with Crippen molar-refractivity contribution in [2.24, 2.45) is 0 Å². The molecule has 12 rings (SSSR count). The predicted octanol–water partition coefficient (Wildman–Crippen LogP) is 14.3. The molecule has 9 aromatic carbocycles. The number of hydrogen-bond donors (Lipinski definition) is 0. The van der Waals surface area contributed by atoms with E-state index in [1.54, 1.807) is 0 Å². The van der Waals surface area contributed by atoms with Gasteiger partial charge in [-0.3, -0.25) is 0 Å². The summed E-state index contributed by atoms with van der Waals surface area (Å²) in [5, 5.41) is 8.09. The fourth-order valence-electron chi connectivity index (χ4n) is 8.53. The molecule has 5 nitrogen and oxygen atoms in total. The zero-order valence-corrected chi connectivity index (χ0v) is 31.1. The van der Waals surface area contributed by atoms with Gasteiger partial charge in [-0.25, -0.2) is 15.0 Å². The molecule has 5 heteroatoms. The molecule has 0 aliphatic heterocycles. The lowest BCUT2D eigenvalue weighted by Gasteiger charge is -2.12. The molecule has 12 aromatic rings. The standard InChI is InChI=1S/C53H31N3O2/c1-4-14-32(15-5-1)35-24-26-41-45(30-35)57-49-39-22-12-10-20-37(39)28-43(47(41)49)52-54-51(34-18-8-3-9-19-34)55-53(56-52)44-29-38-21-11-13-23-40(38)50-48(44)42-27-25-36(31-46(42)58-50)33-16-6-2-7-17-33/h1-31H. The summed E-state index contributed by atoms with van der Waals surface area (Å²) in [7, 11) is 0. The molecule has 0 aliphatic rings. The lowest BCUT2D eigenvalue weighted by molar-refractivity contribution is 0.672. The van der Waals surface area contributed by atoms with E-state index in [4.69, 9.17) is 23.8 Å². The molecule has 0 radical (unpaired) electrons. The van der Waals surface area contributed by atoms with Crippen molar-refractivity contribution in [1.29, 1.82) is 0 Å². The van der Waals surface area contributed by atoms with Crippen LogP contribution < -0.4 is 0 Å². The summed E-state index contributed by atoms with van der Waals surface area (Å²) in [6.07, 6.45) is 0. The quantitative estimate of drug-likeness (QED) is 0.176. The molecule has 0 aliphatic carbocycles. The molecule has 0 bridgehead atoms. The van der Waals surface area contributed by atoms with Crippen molar-refractivity contribution in [2.75, 3.05) is 0 Å². The van der Waals surface area contributed by atoms with Gasteiger partial charge in [-0.1, -0.05) is 152 Å². The fraction of sp³-hybridized carbons (Fsp3) is 0. The molecule has 58 heavy (non-hydrogen) atoms. The number of benzene rings is 9. The average molecular weight is 742 g/mol. The maximum Gasteiger partial charge on any atom is 0.164 e. The van der Waals surface area contributed by atoms with Crippen LogP contribution in [0.3, 0.4) is 0 Å². The Kier molecular flexibility index (Phi) is 7.16. The van der Waals surface area contributed by atoms with Gasteiger partial charge in [-0.05, 0) is 69.4 Å². The topological polar surface area (TPSA) is 65.0 Å². The molecular weight excluding hydrogens is 711 g/mol. The van der Waals surface area contributed by atoms with Crippen LogP contribution in [-0.4, -0.2) is 15.0 Å². The average Bonchev–Trinajstić information content (AvgIpc) is 3.88. The van der Waals surface area contributed by atoms with Gasteiger partial charge in [-0.15, -0.1) is 0 Å². The normalized spacial score (nSPS) is 11.8. The highest BCUT2D eigenvalue weighted by atomic mass is 16.3. The third-order valence-corrected chi connectivity index (χ3v) is 11.3. The van der Waals surface area contributed by atoms with Gasteiger partial charge in [0.15, 0.2) is 17.5 Å². The summed E-state index contributed by atoms with van der Waals surface area (Å²) in [5.41, 5.74) is 10.3. The van der Waals surface area contributed by atoms with E-state index in [0.29, 0.717) is 17.5 Å². The molecule has 0 atom stereocenters. The van der Waals surface area contributed by atoms with Crippen molar-refractivity contribution in [3.05, 3.63) is 188 Å². The highest BCUT2D eigenvalue weighted by Crippen LogP contribution is 2.44. The van der Waals surface area contributed by atoms with Crippen LogP contribution in [0, 0.1) is 0 Å². The maximum absolute atomic E-state index is 6.82. The number of nitrogens with zero attached hydrogens (tertiary/aromatic N) is 3. The largest absolute Gasteiger partial charge is 0.455 e. The Morgan fingerprint density at radius 1 is 0.293 bits per heavy atom. The van der Waals surface area contributed by atoms with E-state index in [1.807, 2.05) is 42.5 Å². The molecule has 0 fully saturated rings. The first-order valence-corrected chi connectivity index (χ1v) is 19.4. The van der Waals surface area contributed by atoms with E-state index in [0.717, 1.165) is 104 Å². The molecule has 270 valence electrons. The van der Waals surface area contributed by atoms with Crippen LogP contribution in [0.5, 0.6) is 0 Å². The first-order valence-electron chi connectivity index (χ1n) is 19.4. The second kappa shape index (κ2) is 12.8. The first-order chi connectivity index (χ1) is 28.7. The van der Waals surface area contributed by atoms with Crippen LogP contribution in [0.4, 0.5) is 0 Å². The molecule has 0 amide bonds. The number of aromatic nitrogens is 3. The Bertz CT molecular complexity index is 3340. The summed E-state index contributed by atoms with van der Waals surface area (Å²) in [6.45, 7) is 0. The van der Waals surface area contributed by atoms with Crippen molar-refractivity contribution in [3.63, 3.8) is 0 Å². The lowest BCUT2D eigenvalue weighted by Crippen LogP contribution is -2.01. The zero-order valence-electron chi connectivity index (χ0n) is 31.1. The minimum absolute atomic E-state index is 0.565. The van der Waals surface area contributed by atoms with Crippen molar-refractivity contribution < 1.29 is 8.83 Å². The maximum atomic E-state index is 6.82. The van der Waals surface area contributed by atoms with Gasteiger partial charge in [0.2, 0.25) is 0 Å². The Hall–Kier alpha value is -7.89. The number of hydrogen-bond acceptors (Lipinski definition) is 5. The van der Waals surface area contributed by atoms with Crippen LogP contribution in [0.25, 0.3) is 122 Å². The fourth-order valence-corrected chi connectivity index (χ4v) is 8.53. The van der Waals surface area contributed by atoms with Gasteiger partial charge >= 0.3 is 0 Å².